The van der Waals surface area contributed by atoms with Crippen LogP contribution in [-0.4, -0.2) is 42.0 Å². The number of hydrogen-bond acceptors (Lipinski definition) is 8. The molecule has 3 aromatic carbocycles. The van der Waals surface area contributed by atoms with Crippen LogP contribution in [-0.2, 0) is 29.0 Å². The fourth-order valence-electron chi connectivity index (χ4n) is 4.56. The smallest absolute Gasteiger partial charge is 0.429 e. The molecule has 1 heterocycles. The molecule has 0 saturated heterocycles. The number of amides is 1. The maximum absolute atomic E-state index is 13.9. The molecular formula is C34H38ClN3O7. The van der Waals surface area contributed by atoms with Gasteiger partial charge in [0.15, 0.2) is 11.5 Å². The van der Waals surface area contributed by atoms with E-state index in [-0.39, 0.29) is 29.7 Å². The van der Waals surface area contributed by atoms with Gasteiger partial charge < -0.3 is 18.9 Å². The summed E-state index contributed by atoms with van der Waals surface area (Å²) in [4.78, 5) is 44.1. The Morgan fingerprint density at radius 2 is 1.71 bits per heavy atom. The Morgan fingerprint density at radius 1 is 1.00 bits per heavy atom. The molecule has 1 unspecified atom stereocenters. The molecule has 0 fully saturated rings. The van der Waals surface area contributed by atoms with Gasteiger partial charge in [0.25, 0.3) is 5.56 Å². The zero-order chi connectivity index (χ0) is 32.7. The highest BCUT2D eigenvalue weighted by atomic mass is 35.5. The number of carbonyl (C=O) groups is 2. The second-order valence-electron chi connectivity index (χ2n) is 10.9. The Kier molecular flexibility index (Phi) is 11.1. The van der Waals surface area contributed by atoms with Gasteiger partial charge in [-0.05, 0) is 66.8 Å². The number of aromatic nitrogens is 2. The minimum Gasteiger partial charge on any atom is -0.493 e. The van der Waals surface area contributed by atoms with Crippen molar-refractivity contribution in [1.82, 2.24) is 9.66 Å². The Hall–Kier alpha value is -4.57. The van der Waals surface area contributed by atoms with Gasteiger partial charge >= 0.3 is 12.1 Å². The number of rotatable bonds is 12. The molecule has 4 rings (SSSR count). The van der Waals surface area contributed by atoms with Crippen LogP contribution in [0.1, 0.15) is 61.4 Å². The predicted octanol–water partition coefficient (Wildman–Crippen LogP) is 6.70. The van der Waals surface area contributed by atoms with Crippen molar-refractivity contribution in [3.05, 3.63) is 98.6 Å². The molecule has 45 heavy (non-hydrogen) atoms. The minimum atomic E-state index is -0.696. The van der Waals surface area contributed by atoms with Crippen molar-refractivity contribution in [2.24, 2.45) is 5.92 Å². The number of hydrogen-bond donors (Lipinski definition) is 0. The predicted molar refractivity (Wildman–Crippen MR) is 173 cm³/mol. The quantitative estimate of drug-likeness (QED) is 0.158. The number of nitrogens with zero attached hydrogens (tertiary/aromatic N) is 3. The first kappa shape index (κ1) is 33.3. The Balaban J connectivity index is 1.71. The van der Waals surface area contributed by atoms with Crippen molar-refractivity contribution in [1.29, 1.82) is 0 Å². The highest BCUT2D eigenvalue weighted by Crippen LogP contribution is 2.37. The summed E-state index contributed by atoms with van der Waals surface area (Å²) in [5, 5.41) is 1.89. The van der Waals surface area contributed by atoms with Crippen molar-refractivity contribution >= 4 is 34.6 Å². The summed E-state index contributed by atoms with van der Waals surface area (Å²) in [5.41, 5.74) is 1.97. The average molecular weight is 636 g/mol. The first-order chi connectivity index (χ1) is 21.6. The second-order valence-corrected chi connectivity index (χ2v) is 11.3. The summed E-state index contributed by atoms with van der Waals surface area (Å²) in [7, 11) is 2.81. The molecule has 0 aliphatic rings. The van der Waals surface area contributed by atoms with Gasteiger partial charge in [-0.25, -0.2) is 19.6 Å². The van der Waals surface area contributed by atoms with Crippen LogP contribution in [0.2, 0.25) is 5.02 Å². The molecule has 0 saturated carbocycles. The van der Waals surface area contributed by atoms with Crippen LogP contribution in [0.5, 0.6) is 11.5 Å². The third-order valence-corrected chi connectivity index (χ3v) is 7.63. The molecule has 11 heteroatoms. The van der Waals surface area contributed by atoms with Crippen molar-refractivity contribution in [2.75, 3.05) is 19.2 Å². The molecule has 1 atom stereocenters. The van der Waals surface area contributed by atoms with E-state index >= 15 is 0 Å². The number of methoxy groups -OCH3 is 2. The molecule has 238 valence electrons. The standard InChI is InChI=1S/C34H38ClN3O7/c1-7-10-30-36-28-12-9-8-11-26(28)32(39)38(30)37(34(41)45-22(4)21(2)3)19-24-17-27(35)31(29(18-24)42-5)44-20-23-13-15-25(16-14-23)33(40)43-6/h8-9,11-18,21-22H,7,10,19-20H2,1-6H3. The topological polar surface area (TPSA) is 109 Å². The fraction of sp³-hybridized carbons (Fsp3) is 0.353. The van der Waals surface area contributed by atoms with Crippen LogP contribution < -0.4 is 20.0 Å². The van der Waals surface area contributed by atoms with E-state index in [1.807, 2.05) is 33.8 Å². The molecule has 4 aromatic rings. The lowest BCUT2D eigenvalue weighted by atomic mass is 10.1. The maximum atomic E-state index is 13.9. The van der Waals surface area contributed by atoms with E-state index < -0.39 is 18.2 Å². The zero-order valence-electron chi connectivity index (χ0n) is 26.3. The van der Waals surface area contributed by atoms with Gasteiger partial charge in [-0.3, -0.25) is 4.79 Å². The number of ether oxygens (including phenoxy) is 4. The number of aryl methyl sites for hydroxylation is 1. The third-order valence-electron chi connectivity index (χ3n) is 7.35. The van der Waals surface area contributed by atoms with Crippen LogP contribution in [0.25, 0.3) is 10.9 Å². The highest BCUT2D eigenvalue weighted by molar-refractivity contribution is 6.32. The molecule has 0 aliphatic heterocycles. The van der Waals surface area contributed by atoms with Crippen LogP contribution in [0.4, 0.5) is 4.79 Å². The highest BCUT2D eigenvalue weighted by Gasteiger charge is 2.27. The zero-order valence-corrected chi connectivity index (χ0v) is 27.1. The number of halogens is 1. The van der Waals surface area contributed by atoms with Gasteiger partial charge in [-0.1, -0.05) is 56.6 Å². The summed E-state index contributed by atoms with van der Waals surface area (Å²) in [6.07, 6.45) is 0.0571. The lowest BCUT2D eigenvalue weighted by molar-refractivity contribution is 0.0600. The summed E-state index contributed by atoms with van der Waals surface area (Å²) < 4.78 is 23.5. The lowest BCUT2D eigenvalue weighted by Crippen LogP contribution is -2.49. The van der Waals surface area contributed by atoms with Gasteiger partial charge in [0.05, 0.1) is 42.3 Å². The fourth-order valence-corrected chi connectivity index (χ4v) is 4.85. The normalized spacial score (nSPS) is 11.7. The van der Waals surface area contributed by atoms with Crippen LogP contribution >= 0.6 is 11.6 Å². The van der Waals surface area contributed by atoms with E-state index in [1.165, 1.54) is 23.9 Å². The van der Waals surface area contributed by atoms with Crippen LogP contribution in [0.3, 0.4) is 0 Å². The van der Waals surface area contributed by atoms with E-state index in [9.17, 15) is 14.4 Å². The number of para-hydroxylation sites is 1. The van der Waals surface area contributed by atoms with E-state index in [4.69, 9.17) is 35.5 Å². The first-order valence-electron chi connectivity index (χ1n) is 14.7. The van der Waals surface area contributed by atoms with E-state index in [0.29, 0.717) is 52.2 Å². The molecule has 10 nitrogen and oxygen atoms in total. The maximum Gasteiger partial charge on any atom is 0.429 e. The van der Waals surface area contributed by atoms with Gasteiger partial charge in [0, 0.05) is 6.42 Å². The Morgan fingerprint density at radius 3 is 2.36 bits per heavy atom. The van der Waals surface area contributed by atoms with Crippen molar-refractivity contribution in [3.63, 3.8) is 0 Å². The van der Waals surface area contributed by atoms with Crippen molar-refractivity contribution in [2.45, 2.75) is 59.8 Å². The van der Waals surface area contributed by atoms with E-state index in [1.54, 1.807) is 54.6 Å². The van der Waals surface area contributed by atoms with Gasteiger partial charge in [0.2, 0.25) is 0 Å². The number of carbonyl (C=O) groups excluding carboxylic acids is 2. The Bertz CT molecular complexity index is 1720. The summed E-state index contributed by atoms with van der Waals surface area (Å²) in [5.74, 6) is 0.707. The monoisotopic (exact) mass is 635 g/mol. The largest absolute Gasteiger partial charge is 0.493 e. The number of fused-ring (bicyclic) bond motifs is 1. The van der Waals surface area contributed by atoms with Gasteiger partial charge in [0.1, 0.15) is 18.5 Å². The van der Waals surface area contributed by atoms with Crippen LogP contribution in [0.15, 0.2) is 65.5 Å². The summed E-state index contributed by atoms with van der Waals surface area (Å²) in [6.45, 7) is 7.78. The third kappa shape index (κ3) is 7.75. The molecule has 0 spiro atoms. The lowest BCUT2D eigenvalue weighted by Gasteiger charge is -2.29. The van der Waals surface area contributed by atoms with E-state index in [0.717, 1.165) is 5.56 Å². The van der Waals surface area contributed by atoms with Gasteiger partial charge in [-0.2, -0.15) is 4.68 Å². The van der Waals surface area contributed by atoms with Crippen molar-refractivity contribution in [3.8, 4) is 11.5 Å². The molecule has 0 aliphatic carbocycles. The SMILES string of the molecule is CCCc1nc2ccccc2c(=O)n1N(Cc1cc(Cl)c(OCc2ccc(C(=O)OC)cc2)c(OC)c1)C(=O)OC(C)C(C)C. The molecular weight excluding hydrogens is 598 g/mol. The Labute approximate surface area is 267 Å². The molecule has 1 aromatic heterocycles. The summed E-state index contributed by atoms with van der Waals surface area (Å²) in [6, 6.07) is 17.2. The van der Waals surface area contributed by atoms with Crippen LogP contribution in [0, 0.1) is 5.92 Å². The number of esters is 1. The average Bonchev–Trinajstić information content (AvgIpc) is 3.03. The number of benzene rings is 3. The molecule has 0 radical (unpaired) electrons. The molecule has 1 amide bonds. The summed E-state index contributed by atoms with van der Waals surface area (Å²) >= 11 is 6.71. The molecule has 0 bridgehead atoms. The first-order valence-corrected chi connectivity index (χ1v) is 15.1. The molecule has 0 N–H and O–H groups in total. The minimum absolute atomic E-state index is 0.0556. The second kappa shape index (κ2) is 14.9. The van der Waals surface area contributed by atoms with Crippen molar-refractivity contribution < 1.29 is 28.5 Å². The van der Waals surface area contributed by atoms with Gasteiger partial charge in [-0.15, -0.1) is 0 Å². The van der Waals surface area contributed by atoms with E-state index in [2.05, 4.69) is 0 Å².